The van der Waals surface area contributed by atoms with Gasteiger partial charge in [-0.2, -0.15) is 0 Å². The minimum absolute atomic E-state index is 0.175. The van der Waals surface area contributed by atoms with Gasteiger partial charge in [0.2, 0.25) is 5.91 Å². The van der Waals surface area contributed by atoms with E-state index in [1.54, 1.807) is 17.6 Å². The fraction of sp³-hybridized carbons (Fsp3) is 0.450. The Morgan fingerprint density at radius 2 is 2.03 bits per heavy atom. The predicted octanol–water partition coefficient (Wildman–Crippen LogP) is 0.748. The normalized spacial score (nSPS) is 16.6. The molecule has 0 bridgehead atoms. The summed E-state index contributed by atoms with van der Waals surface area (Å²) in [4.78, 5) is 54.2. The Bertz CT molecular complexity index is 1030. The van der Waals surface area contributed by atoms with Gasteiger partial charge in [-0.05, 0) is 51.3 Å². The molecule has 0 radical (unpaired) electrons. The third-order valence-corrected chi connectivity index (χ3v) is 5.14. The summed E-state index contributed by atoms with van der Waals surface area (Å²) in [5, 5.41) is 0. The summed E-state index contributed by atoms with van der Waals surface area (Å²) in [5.74, 6) is -1.68. The van der Waals surface area contributed by atoms with Gasteiger partial charge in [0.1, 0.15) is 11.7 Å². The number of aryl methyl sites for hydroxylation is 2. The number of nitrogens with zero attached hydrogens (tertiary/aromatic N) is 3. The number of piperidine rings is 1. The molecule has 1 fully saturated rings. The van der Waals surface area contributed by atoms with E-state index in [0.717, 1.165) is 12.8 Å². The lowest BCUT2D eigenvalue weighted by molar-refractivity contribution is -0.143. The van der Waals surface area contributed by atoms with E-state index in [1.807, 2.05) is 6.92 Å². The van der Waals surface area contributed by atoms with Crippen molar-refractivity contribution in [3.8, 4) is 0 Å². The first-order valence-corrected chi connectivity index (χ1v) is 9.60. The Morgan fingerprint density at radius 3 is 2.72 bits per heavy atom. The van der Waals surface area contributed by atoms with E-state index in [0.29, 0.717) is 36.2 Å². The highest BCUT2D eigenvalue weighted by Gasteiger charge is 2.31. The van der Waals surface area contributed by atoms with E-state index in [1.165, 1.54) is 17.0 Å². The summed E-state index contributed by atoms with van der Waals surface area (Å²) < 4.78 is 6.73. The highest BCUT2D eigenvalue weighted by atomic mass is 16.5. The van der Waals surface area contributed by atoms with Crippen LogP contribution in [0.2, 0.25) is 0 Å². The number of nitrogens with two attached hydrogens (primary N) is 1. The predicted molar refractivity (Wildman–Crippen MR) is 105 cm³/mol. The van der Waals surface area contributed by atoms with Gasteiger partial charge >= 0.3 is 5.97 Å². The number of fused-ring (bicyclic) bond motifs is 1. The molecule has 1 aromatic heterocycles. The fourth-order valence-electron chi connectivity index (χ4n) is 3.63. The number of aromatic nitrogens is 2. The van der Waals surface area contributed by atoms with E-state index in [2.05, 4.69) is 4.98 Å². The Labute approximate surface area is 167 Å². The second-order valence-corrected chi connectivity index (χ2v) is 7.03. The minimum atomic E-state index is -0.679. The molecule has 9 nitrogen and oxygen atoms in total. The van der Waals surface area contributed by atoms with Crippen LogP contribution in [0.1, 0.15) is 42.2 Å². The van der Waals surface area contributed by atoms with Crippen LogP contribution in [0.5, 0.6) is 0 Å². The number of rotatable bonds is 5. The monoisotopic (exact) mass is 400 g/mol. The average Bonchev–Trinajstić information content (AvgIpc) is 2.72. The summed E-state index contributed by atoms with van der Waals surface area (Å²) in [6.45, 7) is 3.90. The molecule has 154 valence electrons. The maximum Gasteiger partial charge on any atom is 0.338 e. The third-order valence-electron chi connectivity index (χ3n) is 5.14. The fourth-order valence-corrected chi connectivity index (χ4v) is 3.63. The van der Waals surface area contributed by atoms with Crippen molar-refractivity contribution in [3.63, 3.8) is 0 Å². The molecule has 2 N–H and O–H groups in total. The molecular weight excluding hydrogens is 376 g/mol. The SMILES string of the molecule is CCn1c(=O)c(C)nc2cc(C(=O)OCC(=O)N3CCCC[C@@H]3C(N)=O)ccc21. The van der Waals surface area contributed by atoms with Crippen molar-refractivity contribution in [1.82, 2.24) is 14.5 Å². The summed E-state index contributed by atoms with van der Waals surface area (Å²) in [6.07, 6.45) is 2.12. The Morgan fingerprint density at radius 1 is 1.28 bits per heavy atom. The first-order valence-electron chi connectivity index (χ1n) is 9.60. The first kappa shape index (κ1) is 20.5. The number of primary amides is 1. The third kappa shape index (κ3) is 4.13. The van der Waals surface area contributed by atoms with Gasteiger partial charge in [-0.3, -0.25) is 14.4 Å². The number of likely N-dealkylation sites (tertiary alicyclic amines) is 1. The second kappa shape index (κ2) is 8.42. The van der Waals surface area contributed by atoms with Crippen LogP contribution in [0.25, 0.3) is 11.0 Å². The minimum Gasteiger partial charge on any atom is -0.452 e. The summed E-state index contributed by atoms with van der Waals surface area (Å²) in [7, 11) is 0. The second-order valence-electron chi connectivity index (χ2n) is 7.03. The molecule has 0 aliphatic carbocycles. The highest BCUT2D eigenvalue weighted by Crippen LogP contribution is 2.18. The first-order chi connectivity index (χ1) is 13.8. The largest absolute Gasteiger partial charge is 0.452 e. The molecule has 3 rings (SSSR count). The van der Waals surface area contributed by atoms with Crippen molar-refractivity contribution >= 4 is 28.8 Å². The van der Waals surface area contributed by atoms with Crippen LogP contribution < -0.4 is 11.3 Å². The highest BCUT2D eigenvalue weighted by molar-refractivity contribution is 5.95. The van der Waals surface area contributed by atoms with E-state index < -0.39 is 30.4 Å². The number of amides is 2. The van der Waals surface area contributed by atoms with Gasteiger partial charge in [-0.25, -0.2) is 9.78 Å². The van der Waals surface area contributed by atoms with Gasteiger partial charge in [0.15, 0.2) is 6.61 Å². The maximum absolute atomic E-state index is 12.4. The zero-order valence-electron chi connectivity index (χ0n) is 16.5. The van der Waals surface area contributed by atoms with E-state index >= 15 is 0 Å². The average molecular weight is 400 g/mol. The van der Waals surface area contributed by atoms with Crippen molar-refractivity contribution in [2.24, 2.45) is 5.73 Å². The molecule has 0 spiro atoms. The molecule has 1 atom stereocenters. The molecule has 1 aromatic carbocycles. The summed E-state index contributed by atoms with van der Waals surface area (Å²) >= 11 is 0. The lowest BCUT2D eigenvalue weighted by Crippen LogP contribution is -2.51. The smallest absolute Gasteiger partial charge is 0.338 e. The van der Waals surface area contributed by atoms with Crippen LogP contribution in [-0.2, 0) is 20.9 Å². The van der Waals surface area contributed by atoms with Crippen LogP contribution in [0.3, 0.4) is 0 Å². The standard InChI is InChI=1S/C20H24N4O5/c1-3-23-15-8-7-13(10-14(15)22-12(2)19(23)27)20(28)29-11-17(25)24-9-5-4-6-16(24)18(21)26/h7-8,10,16H,3-6,9,11H2,1-2H3,(H2,21,26)/t16-/m1/s1. The van der Waals surface area contributed by atoms with Gasteiger partial charge in [-0.1, -0.05) is 0 Å². The Hall–Kier alpha value is -3.23. The lowest BCUT2D eigenvalue weighted by Gasteiger charge is -2.33. The van der Waals surface area contributed by atoms with Crippen LogP contribution in [0, 0.1) is 6.92 Å². The molecule has 0 unspecified atom stereocenters. The number of esters is 1. The van der Waals surface area contributed by atoms with Gasteiger partial charge < -0.3 is 19.9 Å². The van der Waals surface area contributed by atoms with E-state index in [4.69, 9.17) is 10.5 Å². The van der Waals surface area contributed by atoms with Gasteiger partial charge in [0, 0.05) is 13.1 Å². The molecule has 29 heavy (non-hydrogen) atoms. The molecule has 1 saturated heterocycles. The van der Waals surface area contributed by atoms with Crippen LogP contribution in [-0.4, -0.2) is 51.4 Å². The lowest BCUT2D eigenvalue weighted by atomic mass is 10.0. The van der Waals surface area contributed by atoms with Crippen molar-refractivity contribution in [1.29, 1.82) is 0 Å². The number of ether oxygens (including phenoxy) is 1. The van der Waals surface area contributed by atoms with Crippen molar-refractivity contribution in [3.05, 3.63) is 39.8 Å². The van der Waals surface area contributed by atoms with Crippen molar-refractivity contribution in [2.45, 2.75) is 45.7 Å². The molecule has 9 heteroatoms. The maximum atomic E-state index is 12.4. The van der Waals surface area contributed by atoms with Crippen LogP contribution in [0.4, 0.5) is 0 Å². The number of hydrogen-bond donors (Lipinski definition) is 1. The molecular formula is C20H24N4O5. The van der Waals surface area contributed by atoms with E-state index in [9.17, 15) is 19.2 Å². The number of hydrogen-bond acceptors (Lipinski definition) is 6. The van der Waals surface area contributed by atoms with Crippen molar-refractivity contribution in [2.75, 3.05) is 13.2 Å². The topological polar surface area (TPSA) is 125 Å². The molecule has 2 aromatic rings. The van der Waals surface area contributed by atoms with E-state index in [-0.39, 0.29) is 11.1 Å². The van der Waals surface area contributed by atoms with Gasteiger partial charge in [0.25, 0.3) is 11.5 Å². The van der Waals surface area contributed by atoms with Gasteiger partial charge in [-0.15, -0.1) is 0 Å². The Kier molecular flexibility index (Phi) is 5.95. The van der Waals surface area contributed by atoms with Gasteiger partial charge in [0.05, 0.1) is 16.6 Å². The van der Waals surface area contributed by atoms with Crippen LogP contribution in [0.15, 0.2) is 23.0 Å². The molecule has 2 amide bonds. The summed E-state index contributed by atoms with van der Waals surface area (Å²) in [5.41, 5.74) is 6.87. The van der Waals surface area contributed by atoms with Crippen molar-refractivity contribution < 1.29 is 19.1 Å². The molecule has 1 aliphatic heterocycles. The molecule has 0 saturated carbocycles. The number of carbonyl (C=O) groups is 3. The Balaban J connectivity index is 1.74. The quantitative estimate of drug-likeness (QED) is 0.739. The number of carbonyl (C=O) groups excluding carboxylic acids is 3. The zero-order chi connectivity index (χ0) is 21.1. The number of benzene rings is 1. The van der Waals surface area contributed by atoms with Crippen LogP contribution >= 0.6 is 0 Å². The zero-order valence-corrected chi connectivity index (χ0v) is 16.5. The summed E-state index contributed by atoms with van der Waals surface area (Å²) in [6, 6.07) is 4.05. The molecule has 2 heterocycles. The molecule has 1 aliphatic rings.